The average Bonchev–Trinajstić information content (AvgIpc) is 3.43. The van der Waals surface area contributed by atoms with Crippen molar-refractivity contribution in [3.63, 3.8) is 0 Å². The molecule has 0 aliphatic carbocycles. The van der Waals surface area contributed by atoms with E-state index in [-0.39, 0.29) is 17.1 Å². The first-order valence-electron chi connectivity index (χ1n) is 9.61. The molecular formula is C22H20N4O2S2. The summed E-state index contributed by atoms with van der Waals surface area (Å²) in [6.07, 6.45) is 5.48. The normalized spacial score (nSPS) is 17.8. The average molecular weight is 437 g/mol. The van der Waals surface area contributed by atoms with Gasteiger partial charge in [-0.25, -0.2) is 4.98 Å². The van der Waals surface area contributed by atoms with E-state index in [9.17, 15) is 4.79 Å². The fourth-order valence-corrected chi connectivity index (χ4v) is 6.23. The van der Waals surface area contributed by atoms with Crippen LogP contribution in [0.2, 0.25) is 0 Å². The summed E-state index contributed by atoms with van der Waals surface area (Å²) in [5, 5.41) is 2.97. The molecule has 0 saturated carbocycles. The molecule has 0 radical (unpaired) electrons. The highest BCUT2D eigenvalue weighted by atomic mass is 32.2. The number of hydrogen-bond acceptors (Lipinski definition) is 6. The number of aromatic nitrogens is 3. The number of pyridine rings is 1. The van der Waals surface area contributed by atoms with Gasteiger partial charge >= 0.3 is 0 Å². The lowest BCUT2D eigenvalue weighted by atomic mass is 9.95. The number of thiophene rings is 1. The number of hydrogen-bond donors (Lipinski definition) is 1. The zero-order chi connectivity index (χ0) is 20.8. The molecule has 3 aromatic heterocycles. The molecule has 0 spiro atoms. The van der Waals surface area contributed by atoms with Crippen molar-refractivity contribution in [3.05, 3.63) is 54.5 Å². The second kappa shape index (κ2) is 7.45. The summed E-state index contributed by atoms with van der Waals surface area (Å²) in [4.78, 5) is 23.3. The molecule has 152 valence electrons. The number of carbonyl (C=O) groups is 1. The minimum absolute atomic E-state index is 0.0543. The molecule has 0 saturated heterocycles. The topological polar surface area (TPSA) is 69.0 Å². The van der Waals surface area contributed by atoms with Gasteiger partial charge in [-0.05, 0) is 23.8 Å². The second-order valence-electron chi connectivity index (χ2n) is 7.21. The molecule has 6 nitrogen and oxygen atoms in total. The Labute approximate surface area is 182 Å². The number of likely N-dealkylation sites (N-methyl/N-ethyl adjacent to an activating group) is 1. The molecule has 1 aliphatic rings. The molecule has 0 fully saturated rings. The molecule has 8 heteroatoms. The van der Waals surface area contributed by atoms with Crippen LogP contribution < -0.4 is 10.1 Å². The Morgan fingerprint density at radius 3 is 2.83 bits per heavy atom. The molecule has 1 aromatic carbocycles. The zero-order valence-electron chi connectivity index (χ0n) is 16.7. The predicted molar refractivity (Wildman–Crippen MR) is 120 cm³/mol. The number of nitrogens with one attached hydrogen (secondary N) is 1. The molecule has 1 N–H and O–H groups in total. The van der Waals surface area contributed by atoms with Crippen molar-refractivity contribution in [2.45, 2.75) is 23.0 Å². The third kappa shape index (κ3) is 3.16. The number of fused-ring (bicyclic) bond motifs is 2. The van der Waals surface area contributed by atoms with Crippen LogP contribution in [0.3, 0.4) is 0 Å². The van der Waals surface area contributed by atoms with Crippen molar-refractivity contribution in [1.82, 2.24) is 19.9 Å². The van der Waals surface area contributed by atoms with Gasteiger partial charge in [-0.1, -0.05) is 13.0 Å². The molecule has 0 bridgehead atoms. The number of nitrogens with zero attached hydrogens (tertiary/aromatic N) is 3. The summed E-state index contributed by atoms with van der Waals surface area (Å²) >= 11 is 3.33. The van der Waals surface area contributed by atoms with Crippen LogP contribution in [-0.2, 0) is 11.8 Å². The third-order valence-corrected chi connectivity index (χ3v) is 7.66. The van der Waals surface area contributed by atoms with Gasteiger partial charge in [-0.15, -0.1) is 23.1 Å². The van der Waals surface area contributed by atoms with Crippen LogP contribution in [0.25, 0.3) is 20.9 Å². The first-order chi connectivity index (χ1) is 14.5. The van der Waals surface area contributed by atoms with Crippen LogP contribution >= 0.6 is 23.1 Å². The van der Waals surface area contributed by atoms with Gasteiger partial charge in [0.2, 0.25) is 5.91 Å². The largest absolute Gasteiger partial charge is 0.456 e. The molecule has 5 rings (SSSR count). The Morgan fingerprint density at radius 2 is 2.07 bits per heavy atom. The Morgan fingerprint density at radius 1 is 1.20 bits per heavy atom. The van der Waals surface area contributed by atoms with E-state index in [1.54, 1.807) is 42.5 Å². The van der Waals surface area contributed by atoms with Gasteiger partial charge in [-0.3, -0.25) is 9.78 Å². The van der Waals surface area contributed by atoms with E-state index in [4.69, 9.17) is 4.74 Å². The fourth-order valence-electron chi connectivity index (χ4n) is 3.80. The quantitative estimate of drug-likeness (QED) is 0.497. The maximum Gasteiger partial charge on any atom is 0.228 e. The van der Waals surface area contributed by atoms with Crippen molar-refractivity contribution in [2.24, 2.45) is 7.05 Å². The molecule has 30 heavy (non-hydrogen) atoms. The Bertz CT molecular complexity index is 1260. The van der Waals surface area contributed by atoms with Gasteiger partial charge < -0.3 is 14.6 Å². The van der Waals surface area contributed by atoms with E-state index in [0.29, 0.717) is 0 Å². The van der Waals surface area contributed by atoms with E-state index in [1.165, 1.54) is 0 Å². The van der Waals surface area contributed by atoms with Crippen molar-refractivity contribution in [3.8, 4) is 22.2 Å². The number of aryl methyl sites for hydroxylation is 1. The van der Waals surface area contributed by atoms with Crippen LogP contribution in [0.1, 0.15) is 18.4 Å². The van der Waals surface area contributed by atoms with E-state index < -0.39 is 0 Å². The molecule has 1 aliphatic heterocycles. The van der Waals surface area contributed by atoms with Crippen LogP contribution in [0.4, 0.5) is 0 Å². The van der Waals surface area contributed by atoms with Gasteiger partial charge in [0.25, 0.3) is 0 Å². The lowest BCUT2D eigenvalue weighted by Gasteiger charge is -2.13. The number of imidazole rings is 1. The minimum Gasteiger partial charge on any atom is -0.456 e. The summed E-state index contributed by atoms with van der Waals surface area (Å²) < 4.78 is 9.24. The van der Waals surface area contributed by atoms with E-state index >= 15 is 0 Å². The molecular weight excluding hydrogens is 416 g/mol. The smallest absolute Gasteiger partial charge is 0.228 e. The van der Waals surface area contributed by atoms with Crippen LogP contribution in [-0.4, -0.2) is 32.7 Å². The minimum atomic E-state index is -0.130. The SMILES string of the molecule is CNC(=O)C1c2ccc(Oc3ccnc4cc(-c5nccn5C)sc34)cc2SC1C. The number of benzene rings is 1. The molecule has 2 unspecified atom stereocenters. The number of thioether (sulfide) groups is 1. The number of rotatable bonds is 4. The summed E-state index contributed by atoms with van der Waals surface area (Å²) in [5.41, 5.74) is 1.95. The number of amides is 1. The lowest BCUT2D eigenvalue weighted by Crippen LogP contribution is -2.28. The van der Waals surface area contributed by atoms with Crippen LogP contribution in [0.5, 0.6) is 11.5 Å². The second-order valence-corrected chi connectivity index (χ2v) is 9.68. The summed E-state index contributed by atoms with van der Waals surface area (Å²) in [6.45, 7) is 2.09. The lowest BCUT2D eigenvalue weighted by molar-refractivity contribution is -0.121. The number of carbonyl (C=O) groups excluding carboxylic acids is 1. The Hall–Kier alpha value is -2.84. The number of ether oxygens (including phenoxy) is 1. The first-order valence-corrected chi connectivity index (χ1v) is 11.3. The van der Waals surface area contributed by atoms with E-state index in [0.717, 1.165) is 42.9 Å². The monoisotopic (exact) mass is 436 g/mol. The van der Waals surface area contributed by atoms with Crippen LogP contribution in [0.15, 0.2) is 53.8 Å². The Balaban J connectivity index is 1.48. The summed E-state index contributed by atoms with van der Waals surface area (Å²) in [7, 11) is 3.66. The van der Waals surface area contributed by atoms with Gasteiger partial charge in [-0.2, -0.15) is 0 Å². The molecule has 2 atom stereocenters. The maximum absolute atomic E-state index is 12.3. The highest BCUT2D eigenvalue weighted by molar-refractivity contribution is 8.00. The third-order valence-electron chi connectivity index (χ3n) is 5.28. The van der Waals surface area contributed by atoms with Crippen molar-refractivity contribution in [1.29, 1.82) is 0 Å². The van der Waals surface area contributed by atoms with Gasteiger partial charge in [0.05, 0.1) is 21.0 Å². The van der Waals surface area contributed by atoms with Crippen molar-refractivity contribution < 1.29 is 9.53 Å². The van der Waals surface area contributed by atoms with Gasteiger partial charge in [0, 0.05) is 48.9 Å². The molecule has 4 heterocycles. The Kier molecular flexibility index (Phi) is 4.75. The maximum atomic E-state index is 12.3. The standard InChI is InChI=1S/C22H20N4O2S2/c1-12-19(22(27)23-2)14-5-4-13(10-17(14)29-12)28-16-6-7-24-15-11-18(30-20(15)16)21-25-8-9-26(21)3/h4-12,19H,1-3H3,(H,23,27). The first kappa shape index (κ1) is 19.1. The highest BCUT2D eigenvalue weighted by Crippen LogP contribution is 2.47. The summed E-state index contributed by atoms with van der Waals surface area (Å²) in [6, 6.07) is 9.90. The molecule has 4 aromatic rings. The van der Waals surface area contributed by atoms with Gasteiger partial charge in [0.1, 0.15) is 17.3 Å². The van der Waals surface area contributed by atoms with Crippen molar-refractivity contribution >= 4 is 39.2 Å². The fraction of sp³-hybridized carbons (Fsp3) is 0.227. The predicted octanol–water partition coefficient (Wildman–Crippen LogP) is 4.81. The zero-order valence-corrected chi connectivity index (χ0v) is 18.4. The molecule has 1 amide bonds. The van der Waals surface area contributed by atoms with Gasteiger partial charge in [0.15, 0.2) is 0 Å². The summed E-state index contributed by atoms with van der Waals surface area (Å²) in [5.74, 6) is 2.36. The van der Waals surface area contributed by atoms with Crippen LogP contribution in [0, 0.1) is 0 Å². The highest BCUT2D eigenvalue weighted by Gasteiger charge is 2.35. The van der Waals surface area contributed by atoms with E-state index in [2.05, 4.69) is 22.2 Å². The van der Waals surface area contributed by atoms with E-state index in [1.807, 2.05) is 48.1 Å². The van der Waals surface area contributed by atoms with Crippen molar-refractivity contribution in [2.75, 3.05) is 7.05 Å².